The van der Waals surface area contributed by atoms with Crippen LogP contribution in [-0.2, 0) is 27.2 Å². The summed E-state index contributed by atoms with van der Waals surface area (Å²) in [5, 5.41) is 23.6. The van der Waals surface area contributed by atoms with E-state index in [-0.39, 0.29) is 47.8 Å². The van der Waals surface area contributed by atoms with Crippen molar-refractivity contribution in [3.8, 4) is 0 Å². The van der Waals surface area contributed by atoms with Gasteiger partial charge in [0.15, 0.2) is 0 Å². The monoisotopic (exact) mass is 793 g/mol. The van der Waals surface area contributed by atoms with Crippen LogP contribution in [0.4, 0.5) is 0 Å². The number of carboxylic acid groups (broad SMARTS) is 1. The van der Waals surface area contributed by atoms with Gasteiger partial charge in [0.05, 0.1) is 29.1 Å². The zero-order valence-corrected chi connectivity index (χ0v) is 35.6. The first-order chi connectivity index (χ1) is 27.9. The van der Waals surface area contributed by atoms with Crippen LogP contribution in [0.2, 0.25) is 0 Å². The smallest absolute Gasteiger partial charge is 0.338 e. The average molecular weight is 793 g/mol. The number of amides is 2. The Morgan fingerprint density at radius 2 is 1.43 bits per heavy atom. The topological polar surface area (TPSA) is 177 Å². The van der Waals surface area contributed by atoms with E-state index in [2.05, 4.69) is 85.4 Å². The van der Waals surface area contributed by atoms with Crippen molar-refractivity contribution in [2.75, 3.05) is 39.3 Å². The lowest BCUT2D eigenvalue weighted by Crippen LogP contribution is -2.33. The molecule has 8 bridgehead atoms. The molecule has 12 nitrogen and oxygen atoms in total. The third kappa shape index (κ3) is 10.1. The number of nitrogens with one attached hydrogen (secondary N) is 6. The van der Waals surface area contributed by atoms with Crippen molar-refractivity contribution in [2.45, 2.75) is 112 Å². The van der Waals surface area contributed by atoms with Crippen molar-refractivity contribution in [2.24, 2.45) is 0 Å². The van der Waals surface area contributed by atoms with Gasteiger partial charge in [-0.3, -0.25) is 14.6 Å². The minimum atomic E-state index is -1.12. The van der Waals surface area contributed by atoms with E-state index in [0.717, 1.165) is 95.2 Å². The molecule has 0 aromatic carbocycles. The normalized spacial score (nSPS) is 15.2. The molecule has 0 saturated heterocycles. The average Bonchev–Trinajstić information content (AvgIpc) is 3.88. The van der Waals surface area contributed by atoms with Gasteiger partial charge >= 0.3 is 5.97 Å². The number of fused-ring (bicyclic) bond motifs is 8. The molecule has 5 heterocycles. The van der Waals surface area contributed by atoms with Crippen molar-refractivity contribution in [3.05, 3.63) is 75.4 Å². The summed E-state index contributed by atoms with van der Waals surface area (Å²) in [4.78, 5) is 57.9. The maximum atomic E-state index is 13.9. The highest BCUT2D eigenvalue weighted by Crippen LogP contribution is 2.43. The highest BCUT2D eigenvalue weighted by molar-refractivity contribution is 6.24. The van der Waals surface area contributed by atoms with E-state index in [1.807, 2.05) is 18.2 Å². The second-order valence-electron chi connectivity index (χ2n) is 15.6. The maximum absolute atomic E-state index is 13.9. The first-order valence-corrected chi connectivity index (χ1v) is 21.2. The highest BCUT2D eigenvalue weighted by Gasteiger charge is 2.35. The van der Waals surface area contributed by atoms with Crippen molar-refractivity contribution < 1.29 is 19.5 Å². The Balaban J connectivity index is 1.73. The number of hydrogen-bond donors (Lipinski definition) is 7. The van der Waals surface area contributed by atoms with Crippen molar-refractivity contribution >= 4 is 57.1 Å². The van der Waals surface area contributed by atoms with Crippen LogP contribution in [0.1, 0.15) is 136 Å². The number of aryl methyl sites for hydroxylation is 3. The summed E-state index contributed by atoms with van der Waals surface area (Å²) in [6.07, 6.45) is 7.50. The molecule has 0 spiro atoms. The summed E-state index contributed by atoms with van der Waals surface area (Å²) in [6, 6.07) is 6.06. The van der Waals surface area contributed by atoms with E-state index in [0.29, 0.717) is 55.1 Å². The number of carboxylic acids is 1. The molecule has 2 atom stereocenters. The van der Waals surface area contributed by atoms with E-state index in [9.17, 15) is 19.5 Å². The number of allylic oxidation sites excluding steroid dienone is 1. The summed E-state index contributed by atoms with van der Waals surface area (Å²) in [5.74, 6) is -1.89. The molecular formula is C46H64N8O4. The third-order valence-electron chi connectivity index (χ3n) is 11.6. The Morgan fingerprint density at radius 3 is 2.05 bits per heavy atom. The molecule has 3 aromatic rings. The van der Waals surface area contributed by atoms with Gasteiger partial charge in [-0.05, 0) is 100 Å². The van der Waals surface area contributed by atoms with E-state index < -0.39 is 5.97 Å². The van der Waals surface area contributed by atoms with Crippen LogP contribution in [-0.4, -0.2) is 82.1 Å². The predicted molar refractivity (Wildman–Crippen MR) is 236 cm³/mol. The summed E-state index contributed by atoms with van der Waals surface area (Å²) >= 11 is 0. The van der Waals surface area contributed by atoms with Crippen LogP contribution in [0.3, 0.4) is 0 Å². The fourth-order valence-electron chi connectivity index (χ4n) is 8.13. The lowest BCUT2D eigenvalue weighted by Gasteiger charge is -2.19. The fourth-order valence-corrected chi connectivity index (χ4v) is 8.13. The number of H-pyrrole nitrogens is 2. The zero-order valence-electron chi connectivity index (χ0n) is 35.6. The summed E-state index contributed by atoms with van der Waals surface area (Å²) in [7, 11) is 0. The van der Waals surface area contributed by atoms with Crippen LogP contribution in [0.15, 0.2) is 24.8 Å². The summed E-state index contributed by atoms with van der Waals surface area (Å²) in [6.45, 7) is 22.6. The number of hydrogen-bond acceptors (Lipinski definition) is 7. The Labute approximate surface area is 343 Å². The molecule has 58 heavy (non-hydrogen) atoms. The molecule has 0 aliphatic carbocycles. The number of unbranched alkanes of at least 4 members (excludes halogenated alkanes) is 2. The Bertz CT molecular complexity index is 2200. The van der Waals surface area contributed by atoms with Gasteiger partial charge < -0.3 is 36.3 Å². The van der Waals surface area contributed by atoms with Crippen LogP contribution < -0.4 is 21.3 Å². The van der Waals surface area contributed by atoms with Gasteiger partial charge in [0.2, 0.25) is 11.8 Å². The van der Waals surface area contributed by atoms with E-state index in [4.69, 9.17) is 9.97 Å². The molecule has 0 radical (unpaired) electrons. The Kier molecular flexibility index (Phi) is 15.6. The lowest BCUT2D eigenvalue weighted by atomic mass is 9.84. The molecule has 2 unspecified atom stereocenters. The number of carbonyl (C=O) groups excluding carboxylic acids is 2. The molecule has 2 aliphatic heterocycles. The van der Waals surface area contributed by atoms with Gasteiger partial charge in [-0.15, -0.1) is 0 Å². The van der Waals surface area contributed by atoms with Crippen molar-refractivity contribution in [1.29, 1.82) is 0 Å². The number of carbonyl (C=O) groups is 3. The minimum Gasteiger partial charge on any atom is -0.478 e. The Hall–Kier alpha value is -5.07. The van der Waals surface area contributed by atoms with Gasteiger partial charge in [-0.25, -0.2) is 9.78 Å². The van der Waals surface area contributed by atoms with E-state index in [1.54, 1.807) is 6.92 Å². The molecular weight excluding hydrogens is 729 g/mol. The molecule has 3 aromatic heterocycles. The van der Waals surface area contributed by atoms with Gasteiger partial charge in [0.25, 0.3) is 0 Å². The molecule has 12 heteroatoms. The van der Waals surface area contributed by atoms with Gasteiger partial charge in [-0.1, -0.05) is 53.2 Å². The molecule has 312 valence electrons. The fraction of sp³-hybridized carbons (Fsp3) is 0.500. The molecule has 5 rings (SSSR count). The second kappa shape index (κ2) is 20.6. The largest absolute Gasteiger partial charge is 0.478 e. The standard InChI is InChI=1S/C46H64N8O4/c1-9-13-17-47-19-21-49-41(55)16-15-33-29(7)37-24-35-27(5)31(11-3)39(51-35)25-36-28(6)32(12-4)40(52-36)26-38-30(8)43(46(57)58)45(54-38)34(44(33)53-37)23-42(56)50-22-20-48-18-14-10-2/h11,24-26,29,33,47-48,51-52H,3,9-10,12-23H2,1-2,4-8H3,(H,49,55)(H,50,56)(H,57,58). The van der Waals surface area contributed by atoms with Crippen LogP contribution in [0, 0.1) is 13.8 Å². The third-order valence-corrected chi connectivity index (χ3v) is 11.6. The van der Waals surface area contributed by atoms with Gasteiger partial charge in [-0.2, -0.15) is 0 Å². The van der Waals surface area contributed by atoms with Crippen LogP contribution in [0.25, 0.3) is 39.3 Å². The predicted octanol–water partition coefficient (Wildman–Crippen LogP) is 7.37. The second-order valence-corrected chi connectivity index (χ2v) is 15.6. The van der Waals surface area contributed by atoms with E-state index >= 15 is 0 Å². The number of aliphatic carboxylic acids is 1. The van der Waals surface area contributed by atoms with Crippen molar-refractivity contribution in [3.63, 3.8) is 0 Å². The highest BCUT2D eigenvalue weighted by atomic mass is 16.4. The van der Waals surface area contributed by atoms with Crippen molar-refractivity contribution in [1.82, 2.24) is 41.2 Å². The maximum Gasteiger partial charge on any atom is 0.338 e. The molecule has 2 aliphatic rings. The lowest BCUT2D eigenvalue weighted by molar-refractivity contribution is -0.130. The summed E-state index contributed by atoms with van der Waals surface area (Å²) in [5.41, 5.74) is 10.9. The van der Waals surface area contributed by atoms with Gasteiger partial charge in [0.1, 0.15) is 0 Å². The van der Waals surface area contributed by atoms with Crippen LogP contribution in [0.5, 0.6) is 0 Å². The number of rotatable bonds is 20. The molecule has 7 N–H and O–H groups in total. The first kappa shape index (κ1) is 44.0. The zero-order chi connectivity index (χ0) is 41.9. The minimum absolute atomic E-state index is 0.0487. The number of aromatic amines is 2. The molecule has 2 amide bonds. The SMILES string of the molecule is C=Cc1c(C)c2cc3nc(c(CC(=O)NCCNCCCC)c4nc(cc5[nH]c(cc1[nH]2)c(C)c5CC)C(C)=C4C(=O)O)C(CCC(=O)NCCNCCCC)C3C. The molecule has 0 saturated carbocycles. The number of nitrogens with zero attached hydrogens (tertiary/aromatic N) is 2. The first-order valence-electron chi connectivity index (χ1n) is 21.2. The quantitative estimate of drug-likeness (QED) is 0.0580. The van der Waals surface area contributed by atoms with Crippen LogP contribution >= 0.6 is 0 Å². The molecule has 0 fully saturated rings. The van der Waals surface area contributed by atoms with E-state index in [1.165, 1.54) is 0 Å². The van der Waals surface area contributed by atoms with Gasteiger partial charge in [0, 0.05) is 83.3 Å². The number of aromatic nitrogens is 4. The Morgan fingerprint density at radius 1 is 0.793 bits per heavy atom. The summed E-state index contributed by atoms with van der Waals surface area (Å²) < 4.78 is 0.